The van der Waals surface area contributed by atoms with Crippen LogP contribution in [0.3, 0.4) is 0 Å². The van der Waals surface area contributed by atoms with Gasteiger partial charge in [-0.05, 0) is 49.4 Å². The average Bonchev–Trinajstić information content (AvgIpc) is 2.77. The minimum absolute atomic E-state index is 0.0375. The van der Waals surface area contributed by atoms with E-state index in [-0.39, 0.29) is 11.9 Å². The standard InChI is InChI=1S/C13H12Cl2FNS/c1-17-11(12-4-5-13(15)18-12)7-8-6-9(14)2-3-10(8)16/h2-6,11,17H,7H2,1H3. The molecule has 96 valence electrons. The Bertz CT molecular complexity index is 542. The third-order valence-electron chi connectivity index (χ3n) is 2.72. The van der Waals surface area contributed by atoms with Gasteiger partial charge in [-0.1, -0.05) is 23.2 Å². The minimum atomic E-state index is -0.234. The molecule has 0 aliphatic rings. The molecule has 0 aliphatic carbocycles. The molecule has 0 radical (unpaired) electrons. The van der Waals surface area contributed by atoms with Crippen molar-refractivity contribution in [2.75, 3.05) is 7.05 Å². The second kappa shape index (κ2) is 6.02. The fourth-order valence-corrected chi connectivity index (χ4v) is 3.15. The van der Waals surface area contributed by atoms with Gasteiger partial charge in [0.05, 0.1) is 4.34 Å². The van der Waals surface area contributed by atoms with Gasteiger partial charge in [-0.2, -0.15) is 0 Å². The first-order valence-corrected chi connectivity index (χ1v) is 7.04. The van der Waals surface area contributed by atoms with Gasteiger partial charge in [0.15, 0.2) is 0 Å². The van der Waals surface area contributed by atoms with Crippen LogP contribution in [0.1, 0.15) is 16.5 Å². The van der Waals surface area contributed by atoms with E-state index in [4.69, 9.17) is 23.2 Å². The maximum atomic E-state index is 13.7. The SMILES string of the molecule is CNC(Cc1cc(Cl)ccc1F)c1ccc(Cl)s1. The van der Waals surface area contributed by atoms with Crippen LogP contribution in [0.5, 0.6) is 0 Å². The van der Waals surface area contributed by atoms with Crippen LogP contribution in [0.25, 0.3) is 0 Å². The first kappa shape index (κ1) is 13.8. The van der Waals surface area contributed by atoms with Crippen LogP contribution >= 0.6 is 34.5 Å². The molecule has 1 N–H and O–H groups in total. The van der Waals surface area contributed by atoms with E-state index in [2.05, 4.69) is 5.32 Å². The maximum absolute atomic E-state index is 13.7. The van der Waals surface area contributed by atoms with Gasteiger partial charge in [0, 0.05) is 15.9 Å². The molecule has 1 aromatic heterocycles. The zero-order valence-electron chi connectivity index (χ0n) is 9.71. The highest BCUT2D eigenvalue weighted by Crippen LogP contribution is 2.29. The van der Waals surface area contributed by atoms with Gasteiger partial charge < -0.3 is 5.32 Å². The molecule has 0 spiro atoms. The van der Waals surface area contributed by atoms with Crippen molar-refractivity contribution in [1.29, 1.82) is 0 Å². The lowest BCUT2D eigenvalue weighted by atomic mass is 10.0. The van der Waals surface area contributed by atoms with Crippen LogP contribution in [0, 0.1) is 5.82 Å². The van der Waals surface area contributed by atoms with Gasteiger partial charge in [0.2, 0.25) is 0 Å². The van der Waals surface area contributed by atoms with Crippen molar-refractivity contribution in [1.82, 2.24) is 5.32 Å². The van der Waals surface area contributed by atoms with Crippen LogP contribution in [0.4, 0.5) is 4.39 Å². The van der Waals surface area contributed by atoms with Crippen LogP contribution < -0.4 is 5.32 Å². The number of halogens is 3. The van der Waals surface area contributed by atoms with E-state index >= 15 is 0 Å². The summed E-state index contributed by atoms with van der Waals surface area (Å²) in [4.78, 5) is 1.09. The molecule has 0 fully saturated rings. The van der Waals surface area contributed by atoms with Gasteiger partial charge in [-0.15, -0.1) is 11.3 Å². The summed E-state index contributed by atoms with van der Waals surface area (Å²) < 4.78 is 14.4. The molecule has 1 nitrogen and oxygen atoms in total. The molecular formula is C13H12Cl2FNS. The van der Waals surface area contributed by atoms with E-state index in [1.807, 2.05) is 19.2 Å². The van der Waals surface area contributed by atoms with E-state index in [1.54, 1.807) is 12.1 Å². The Morgan fingerprint density at radius 2 is 2.06 bits per heavy atom. The molecule has 1 unspecified atom stereocenters. The van der Waals surface area contributed by atoms with E-state index in [1.165, 1.54) is 17.4 Å². The smallest absolute Gasteiger partial charge is 0.126 e. The topological polar surface area (TPSA) is 12.0 Å². The Morgan fingerprint density at radius 1 is 1.28 bits per heavy atom. The van der Waals surface area contributed by atoms with Gasteiger partial charge in [0.1, 0.15) is 5.82 Å². The summed E-state index contributed by atoms with van der Waals surface area (Å²) in [5.41, 5.74) is 0.603. The molecule has 0 saturated heterocycles. The Morgan fingerprint density at radius 3 is 2.67 bits per heavy atom. The molecule has 2 aromatic rings. The summed E-state index contributed by atoms with van der Waals surface area (Å²) in [6.07, 6.45) is 0.541. The molecule has 0 aliphatic heterocycles. The molecule has 0 amide bonds. The second-order valence-electron chi connectivity index (χ2n) is 3.92. The summed E-state index contributed by atoms with van der Waals surface area (Å²) in [6.45, 7) is 0. The quantitative estimate of drug-likeness (QED) is 0.863. The highest BCUT2D eigenvalue weighted by Gasteiger charge is 2.15. The second-order valence-corrected chi connectivity index (χ2v) is 6.11. The molecule has 0 saturated carbocycles. The third-order valence-corrected chi connectivity index (χ3v) is 4.30. The van der Waals surface area contributed by atoms with E-state index in [9.17, 15) is 4.39 Å². The van der Waals surface area contributed by atoms with Crippen LogP contribution in [-0.2, 0) is 6.42 Å². The van der Waals surface area contributed by atoms with Crippen molar-refractivity contribution in [3.8, 4) is 0 Å². The van der Waals surface area contributed by atoms with Crippen molar-refractivity contribution < 1.29 is 4.39 Å². The largest absolute Gasteiger partial charge is 0.312 e. The Labute approximate surface area is 120 Å². The molecule has 5 heteroatoms. The van der Waals surface area contributed by atoms with Crippen molar-refractivity contribution in [2.45, 2.75) is 12.5 Å². The third kappa shape index (κ3) is 3.23. The molecule has 18 heavy (non-hydrogen) atoms. The highest BCUT2D eigenvalue weighted by atomic mass is 35.5. The Balaban J connectivity index is 2.22. The van der Waals surface area contributed by atoms with Crippen LogP contribution in [0.2, 0.25) is 9.36 Å². The summed E-state index contributed by atoms with van der Waals surface area (Å²) in [6, 6.07) is 8.45. The van der Waals surface area contributed by atoms with Gasteiger partial charge in [-0.3, -0.25) is 0 Å². The lowest BCUT2D eigenvalue weighted by molar-refractivity contribution is 0.560. The predicted octanol–water partition coefficient (Wildman–Crippen LogP) is 4.70. The fraction of sp³-hybridized carbons (Fsp3) is 0.231. The fourth-order valence-electron chi connectivity index (χ4n) is 1.78. The van der Waals surface area contributed by atoms with Gasteiger partial charge >= 0.3 is 0 Å². The Hall–Kier alpha value is -0.610. The zero-order valence-corrected chi connectivity index (χ0v) is 12.0. The zero-order chi connectivity index (χ0) is 13.1. The Kier molecular flexibility index (Phi) is 4.62. The maximum Gasteiger partial charge on any atom is 0.126 e. The van der Waals surface area contributed by atoms with E-state index in [0.717, 1.165) is 9.21 Å². The minimum Gasteiger partial charge on any atom is -0.312 e. The lowest BCUT2D eigenvalue weighted by Gasteiger charge is -2.15. The molecule has 1 atom stereocenters. The number of benzene rings is 1. The van der Waals surface area contributed by atoms with Crippen LogP contribution in [0.15, 0.2) is 30.3 Å². The molecular weight excluding hydrogens is 292 g/mol. The average molecular weight is 304 g/mol. The number of nitrogens with one attached hydrogen (secondary N) is 1. The number of hydrogen-bond acceptors (Lipinski definition) is 2. The van der Waals surface area contributed by atoms with E-state index in [0.29, 0.717) is 17.0 Å². The predicted molar refractivity (Wildman–Crippen MR) is 76.2 cm³/mol. The van der Waals surface area contributed by atoms with Gasteiger partial charge in [-0.25, -0.2) is 4.39 Å². The summed E-state index contributed by atoms with van der Waals surface area (Å²) in [7, 11) is 1.85. The van der Waals surface area contributed by atoms with Crippen molar-refractivity contribution >= 4 is 34.5 Å². The summed E-state index contributed by atoms with van der Waals surface area (Å²) in [5, 5.41) is 3.72. The molecule has 0 bridgehead atoms. The first-order valence-electron chi connectivity index (χ1n) is 5.46. The summed E-state index contributed by atoms with van der Waals surface area (Å²) in [5.74, 6) is -0.234. The number of rotatable bonds is 4. The molecule has 1 heterocycles. The van der Waals surface area contributed by atoms with Crippen molar-refractivity contribution in [3.63, 3.8) is 0 Å². The number of hydrogen-bond donors (Lipinski definition) is 1. The molecule has 2 rings (SSSR count). The highest BCUT2D eigenvalue weighted by molar-refractivity contribution is 7.16. The molecule has 1 aromatic carbocycles. The van der Waals surface area contributed by atoms with E-state index < -0.39 is 0 Å². The monoisotopic (exact) mass is 303 g/mol. The normalized spacial score (nSPS) is 12.7. The number of thiophene rings is 1. The van der Waals surface area contributed by atoms with Crippen molar-refractivity contribution in [2.24, 2.45) is 0 Å². The lowest BCUT2D eigenvalue weighted by Crippen LogP contribution is -2.18. The van der Waals surface area contributed by atoms with Crippen molar-refractivity contribution in [3.05, 3.63) is 55.9 Å². The number of likely N-dealkylation sites (N-methyl/N-ethyl adjacent to an activating group) is 1. The van der Waals surface area contributed by atoms with Crippen LogP contribution in [-0.4, -0.2) is 7.05 Å². The first-order chi connectivity index (χ1) is 8.60. The summed E-state index contributed by atoms with van der Waals surface area (Å²) >= 11 is 13.3. The van der Waals surface area contributed by atoms with Gasteiger partial charge in [0.25, 0.3) is 0 Å².